The molecular weight excluding hydrogens is 388 g/mol. The molecule has 1 N–H and O–H groups in total. The number of nitrogens with one attached hydrogen (secondary N) is 1. The Morgan fingerprint density at radius 3 is 2.46 bits per heavy atom. The van der Waals surface area contributed by atoms with Gasteiger partial charge in [-0.3, -0.25) is 4.79 Å². The SMILES string of the molecule is COc1ccc(Br)c(C(=O)OCC(=O)Nc2c(F)cccc2F)c1. The van der Waals surface area contributed by atoms with E-state index in [2.05, 4.69) is 15.9 Å². The van der Waals surface area contributed by atoms with Crippen molar-refractivity contribution in [3.05, 3.63) is 58.1 Å². The van der Waals surface area contributed by atoms with Crippen molar-refractivity contribution in [3.8, 4) is 5.75 Å². The molecule has 0 atom stereocenters. The summed E-state index contributed by atoms with van der Waals surface area (Å²) in [5.41, 5.74) is -0.444. The second kappa shape index (κ2) is 7.87. The molecule has 0 spiro atoms. The number of hydrogen-bond acceptors (Lipinski definition) is 4. The minimum atomic E-state index is -0.926. The molecule has 0 aliphatic heterocycles. The third-order valence-electron chi connectivity index (χ3n) is 2.95. The van der Waals surface area contributed by atoms with Gasteiger partial charge in [0.1, 0.15) is 23.1 Å². The normalized spacial score (nSPS) is 10.2. The average molecular weight is 400 g/mol. The van der Waals surface area contributed by atoms with Crippen LogP contribution < -0.4 is 10.1 Å². The molecule has 0 aliphatic carbocycles. The lowest BCUT2D eigenvalue weighted by atomic mass is 10.2. The molecule has 24 heavy (non-hydrogen) atoms. The Labute approximate surface area is 144 Å². The minimum absolute atomic E-state index is 0.152. The molecule has 0 aliphatic rings. The van der Waals surface area contributed by atoms with E-state index < -0.39 is 35.8 Å². The molecule has 0 fully saturated rings. The molecule has 5 nitrogen and oxygen atoms in total. The summed E-state index contributed by atoms with van der Waals surface area (Å²) in [6.45, 7) is -0.698. The van der Waals surface area contributed by atoms with Crippen LogP contribution in [0.15, 0.2) is 40.9 Å². The fraction of sp³-hybridized carbons (Fsp3) is 0.125. The molecule has 0 bridgehead atoms. The summed E-state index contributed by atoms with van der Waals surface area (Å²) in [6.07, 6.45) is 0. The van der Waals surface area contributed by atoms with Crippen LogP contribution in [0.2, 0.25) is 0 Å². The number of benzene rings is 2. The van der Waals surface area contributed by atoms with Crippen LogP contribution in [0, 0.1) is 11.6 Å². The molecule has 0 aromatic heterocycles. The number of anilines is 1. The Balaban J connectivity index is 2.00. The van der Waals surface area contributed by atoms with Crippen LogP contribution in [0.5, 0.6) is 5.75 Å². The Bertz CT molecular complexity index is 762. The van der Waals surface area contributed by atoms with Crippen LogP contribution in [-0.4, -0.2) is 25.6 Å². The molecule has 0 unspecified atom stereocenters. The maximum absolute atomic E-state index is 13.4. The predicted molar refractivity (Wildman–Crippen MR) is 86.0 cm³/mol. The number of hydrogen-bond donors (Lipinski definition) is 1. The number of methoxy groups -OCH3 is 1. The Morgan fingerprint density at radius 1 is 1.17 bits per heavy atom. The van der Waals surface area contributed by atoms with Gasteiger partial charge in [0.25, 0.3) is 5.91 Å². The lowest BCUT2D eigenvalue weighted by Gasteiger charge is -2.09. The zero-order valence-electron chi connectivity index (χ0n) is 12.4. The molecule has 0 radical (unpaired) electrons. The predicted octanol–water partition coefficient (Wildman–Crippen LogP) is 3.53. The van der Waals surface area contributed by atoms with Gasteiger partial charge >= 0.3 is 5.97 Å². The van der Waals surface area contributed by atoms with E-state index in [1.807, 2.05) is 5.32 Å². The van der Waals surface area contributed by atoms with Crippen molar-refractivity contribution < 1.29 is 27.8 Å². The Hall–Kier alpha value is -2.48. The minimum Gasteiger partial charge on any atom is -0.497 e. The van der Waals surface area contributed by atoms with Gasteiger partial charge in [-0.2, -0.15) is 0 Å². The number of ether oxygens (including phenoxy) is 2. The van der Waals surface area contributed by atoms with Gasteiger partial charge in [0.2, 0.25) is 0 Å². The number of halogens is 3. The molecule has 2 rings (SSSR count). The van der Waals surface area contributed by atoms with E-state index >= 15 is 0 Å². The molecule has 8 heteroatoms. The van der Waals surface area contributed by atoms with Crippen molar-refractivity contribution in [1.82, 2.24) is 0 Å². The molecule has 2 aromatic rings. The van der Waals surface area contributed by atoms with Gasteiger partial charge in [-0.1, -0.05) is 6.07 Å². The largest absolute Gasteiger partial charge is 0.497 e. The summed E-state index contributed by atoms with van der Waals surface area (Å²) in [7, 11) is 1.44. The van der Waals surface area contributed by atoms with Gasteiger partial charge in [0.15, 0.2) is 6.61 Å². The maximum Gasteiger partial charge on any atom is 0.339 e. The quantitative estimate of drug-likeness (QED) is 0.781. The van der Waals surface area contributed by atoms with Crippen LogP contribution >= 0.6 is 15.9 Å². The van der Waals surface area contributed by atoms with Crippen molar-refractivity contribution in [2.45, 2.75) is 0 Å². The van der Waals surface area contributed by atoms with E-state index in [0.717, 1.165) is 12.1 Å². The first-order valence-electron chi connectivity index (χ1n) is 6.67. The van der Waals surface area contributed by atoms with Gasteiger partial charge in [0, 0.05) is 4.47 Å². The highest BCUT2D eigenvalue weighted by molar-refractivity contribution is 9.10. The van der Waals surface area contributed by atoms with E-state index in [4.69, 9.17) is 9.47 Å². The summed E-state index contributed by atoms with van der Waals surface area (Å²) in [5.74, 6) is -3.07. The van der Waals surface area contributed by atoms with Gasteiger partial charge in [-0.15, -0.1) is 0 Å². The fourth-order valence-corrected chi connectivity index (χ4v) is 2.20. The standard InChI is InChI=1S/C16H12BrF2NO4/c1-23-9-5-6-11(17)10(7-9)16(22)24-8-14(21)20-15-12(18)3-2-4-13(15)19/h2-7H,8H2,1H3,(H,20,21). The first kappa shape index (κ1) is 17.9. The number of amides is 1. The smallest absolute Gasteiger partial charge is 0.339 e. The first-order valence-corrected chi connectivity index (χ1v) is 7.46. The number of esters is 1. The van der Waals surface area contributed by atoms with Crippen molar-refractivity contribution in [3.63, 3.8) is 0 Å². The lowest BCUT2D eigenvalue weighted by molar-refractivity contribution is -0.119. The lowest BCUT2D eigenvalue weighted by Crippen LogP contribution is -2.22. The molecule has 126 valence electrons. The summed E-state index contributed by atoms with van der Waals surface area (Å²) >= 11 is 3.18. The summed E-state index contributed by atoms with van der Waals surface area (Å²) in [4.78, 5) is 23.7. The van der Waals surface area contributed by atoms with Crippen LogP contribution in [-0.2, 0) is 9.53 Å². The van der Waals surface area contributed by atoms with Crippen molar-refractivity contribution in [2.24, 2.45) is 0 Å². The summed E-state index contributed by atoms with van der Waals surface area (Å²) < 4.78 is 37.1. The molecule has 0 heterocycles. The van der Waals surface area contributed by atoms with Crippen LogP contribution in [0.25, 0.3) is 0 Å². The van der Waals surface area contributed by atoms with Crippen molar-refractivity contribution >= 4 is 33.5 Å². The van der Waals surface area contributed by atoms with Gasteiger partial charge in [-0.05, 0) is 46.3 Å². The highest BCUT2D eigenvalue weighted by Crippen LogP contribution is 2.23. The van der Waals surface area contributed by atoms with Gasteiger partial charge in [-0.25, -0.2) is 13.6 Å². The van der Waals surface area contributed by atoms with Crippen LogP contribution in [0.1, 0.15) is 10.4 Å². The first-order chi connectivity index (χ1) is 11.4. The summed E-state index contributed by atoms with van der Waals surface area (Å²) in [6, 6.07) is 7.82. The molecule has 2 aromatic carbocycles. The van der Waals surface area contributed by atoms with Crippen LogP contribution in [0.3, 0.4) is 0 Å². The molecule has 1 amide bonds. The van der Waals surface area contributed by atoms with E-state index in [1.165, 1.54) is 19.2 Å². The Kier molecular flexibility index (Phi) is 5.86. The maximum atomic E-state index is 13.4. The fourth-order valence-electron chi connectivity index (χ4n) is 1.79. The number of rotatable bonds is 5. The topological polar surface area (TPSA) is 64.6 Å². The van der Waals surface area contributed by atoms with Crippen molar-refractivity contribution in [2.75, 3.05) is 19.0 Å². The highest BCUT2D eigenvalue weighted by atomic mass is 79.9. The van der Waals surface area contributed by atoms with E-state index in [0.29, 0.717) is 10.2 Å². The number of carbonyl (C=O) groups excluding carboxylic acids is 2. The molecular formula is C16H12BrF2NO4. The van der Waals surface area contributed by atoms with E-state index in [1.54, 1.807) is 12.1 Å². The third-order valence-corrected chi connectivity index (χ3v) is 3.65. The summed E-state index contributed by atoms with van der Waals surface area (Å²) in [5, 5.41) is 2.02. The van der Waals surface area contributed by atoms with E-state index in [-0.39, 0.29) is 5.56 Å². The zero-order valence-corrected chi connectivity index (χ0v) is 14.0. The average Bonchev–Trinajstić information content (AvgIpc) is 2.56. The van der Waals surface area contributed by atoms with Crippen molar-refractivity contribution in [1.29, 1.82) is 0 Å². The number of para-hydroxylation sites is 1. The highest BCUT2D eigenvalue weighted by Gasteiger charge is 2.16. The molecule has 0 saturated carbocycles. The Morgan fingerprint density at radius 2 is 1.83 bits per heavy atom. The van der Waals surface area contributed by atoms with Crippen LogP contribution in [0.4, 0.5) is 14.5 Å². The zero-order chi connectivity index (χ0) is 17.7. The molecule has 0 saturated heterocycles. The number of carbonyl (C=O) groups is 2. The van der Waals surface area contributed by atoms with E-state index in [9.17, 15) is 18.4 Å². The third kappa shape index (κ3) is 4.29. The monoisotopic (exact) mass is 399 g/mol. The second-order valence-corrected chi connectivity index (χ2v) is 5.42. The van der Waals surface area contributed by atoms with Gasteiger partial charge < -0.3 is 14.8 Å². The van der Waals surface area contributed by atoms with Gasteiger partial charge in [0.05, 0.1) is 12.7 Å². The second-order valence-electron chi connectivity index (χ2n) is 4.57.